The van der Waals surface area contributed by atoms with Gasteiger partial charge in [-0.1, -0.05) is 42.5 Å². The molecule has 0 atom stereocenters. The van der Waals surface area contributed by atoms with Gasteiger partial charge < -0.3 is 16.0 Å². The van der Waals surface area contributed by atoms with Gasteiger partial charge in [-0.25, -0.2) is 0 Å². The number of carbonyl (C=O) groups excluding carboxylic acids is 2. The summed E-state index contributed by atoms with van der Waals surface area (Å²) in [6.45, 7) is 6.67. The van der Waals surface area contributed by atoms with Gasteiger partial charge in [0.15, 0.2) is 11.6 Å². The van der Waals surface area contributed by atoms with Crippen LogP contribution in [-0.2, 0) is 9.59 Å². The van der Waals surface area contributed by atoms with Crippen LogP contribution in [0.5, 0.6) is 0 Å². The molecule has 4 rings (SSSR count). The van der Waals surface area contributed by atoms with Crippen molar-refractivity contribution < 1.29 is 9.59 Å². The highest BCUT2D eigenvalue weighted by Crippen LogP contribution is 2.19. The SMILES string of the molecule is CC(=O)Nc1ccc(C(C)=NNc2cc(NN=C(C)c3ccc(NC(C)=O)cc3)nc(Nc3ccccc3)n2)cc1. The molecule has 0 fully saturated rings. The van der Waals surface area contributed by atoms with Crippen molar-refractivity contribution >= 4 is 57.9 Å². The number of rotatable bonds is 10. The Labute approximate surface area is 238 Å². The number of anilines is 6. The minimum atomic E-state index is -0.128. The normalized spacial score (nSPS) is 11.4. The highest BCUT2D eigenvalue weighted by molar-refractivity contribution is 6.00. The van der Waals surface area contributed by atoms with Gasteiger partial charge >= 0.3 is 0 Å². The van der Waals surface area contributed by atoms with Crippen LogP contribution in [0.1, 0.15) is 38.8 Å². The molecule has 0 aliphatic heterocycles. The smallest absolute Gasteiger partial charge is 0.231 e. The number of para-hydroxylation sites is 1. The molecule has 2 amide bonds. The van der Waals surface area contributed by atoms with E-state index in [2.05, 4.69) is 47.0 Å². The van der Waals surface area contributed by atoms with E-state index in [9.17, 15) is 9.59 Å². The lowest BCUT2D eigenvalue weighted by atomic mass is 10.1. The van der Waals surface area contributed by atoms with Gasteiger partial charge in [0.05, 0.1) is 11.4 Å². The Morgan fingerprint density at radius 2 is 1.02 bits per heavy atom. The number of hydrogen-bond donors (Lipinski definition) is 5. The molecule has 0 aliphatic rings. The van der Waals surface area contributed by atoms with E-state index < -0.39 is 0 Å². The first-order valence-electron chi connectivity index (χ1n) is 12.8. The molecule has 41 heavy (non-hydrogen) atoms. The van der Waals surface area contributed by atoms with Crippen LogP contribution in [0, 0.1) is 0 Å². The summed E-state index contributed by atoms with van der Waals surface area (Å²) in [5.74, 6) is 0.989. The van der Waals surface area contributed by atoms with E-state index in [1.54, 1.807) is 6.07 Å². The lowest BCUT2D eigenvalue weighted by molar-refractivity contribution is -0.115. The van der Waals surface area contributed by atoms with Crippen LogP contribution in [-0.4, -0.2) is 33.2 Å². The molecule has 5 N–H and O–H groups in total. The number of hydrazone groups is 2. The monoisotopic (exact) mass is 549 g/mol. The number of hydrogen-bond acceptors (Lipinski definition) is 9. The maximum Gasteiger partial charge on any atom is 0.231 e. The van der Waals surface area contributed by atoms with Crippen molar-refractivity contribution in [3.05, 3.63) is 96.1 Å². The molecule has 3 aromatic carbocycles. The van der Waals surface area contributed by atoms with Crippen LogP contribution in [0.4, 0.5) is 34.6 Å². The maximum absolute atomic E-state index is 11.3. The molecule has 1 heterocycles. The van der Waals surface area contributed by atoms with Gasteiger partial charge in [0, 0.05) is 37.0 Å². The zero-order valence-electron chi connectivity index (χ0n) is 23.2. The second-order valence-corrected chi connectivity index (χ2v) is 9.09. The van der Waals surface area contributed by atoms with Gasteiger partial charge in [-0.2, -0.15) is 20.2 Å². The molecule has 11 heteroatoms. The minimum absolute atomic E-state index is 0.128. The van der Waals surface area contributed by atoms with Crippen LogP contribution >= 0.6 is 0 Å². The molecule has 1 aromatic heterocycles. The molecular weight excluding hydrogens is 518 g/mol. The molecule has 0 spiro atoms. The number of aromatic nitrogens is 2. The van der Waals surface area contributed by atoms with E-state index in [0.717, 1.165) is 28.2 Å². The van der Waals surface area contributed by atoms with Gasteiger partial charge in [-0.15, -0.1) is 0 Å². The van der Waals surface area contributed by atoms with Crippen molar-refractivity contribution in [2.75, 3.05) is 26.8 Å². The van der Waals surface area contributed by atoms with Gasteiger partial charge in [-0.05, 0) is 61.4 Å². The maximum atomic E-state index is 11.3. The van der Waals surface area contributed by atoms with Crippen LogP contribution in [0.25, 0.3) is 0 Å². The lowest BCUT2D eigenvalue weighted by Crippen LogP contribution is -2.08. The van der Waals surface area contributed by atoms with Crippen LogP contribution in [0.3, 0.4) is 0 Å². The topological polar surface area (TPSA) is 145 Å². The van der Waals surface area contributed by atoms with Crippen molar-refractivity contribution in [2.45, 2.75) is 27.7 Å². The first kappa shape index (κ1) is 28.4. The molecule has 208 valence electrons. The number of nitrogens with zero attached hydrogens (tertiary/aromatic N) is 4. The number of carbonyl (C=O) groups is 2. The van der Waals surface area contributed by atoms with Crippen molar-refractivity contribution in [2.24, 2.45) is 10.2 Å². The fourth-order valence-electron chi connectivity index (χ4n) is 3.68. The highest BCUT2D eigenvalue weighted by Gasteiger charge is 2.07. The Balaban J connectivity index is 1.54. The van der Waals surface area contributed by atoms with E-state index in [-0.39, 0.29) is 11.8 Å². The van der Waals surface area contributed by atoms with Gasteiger partial charge in [0.1, 0.15) is 0 Å². The molecule has 0 bridgehead atoms. The zero-order chi connectivity index (χ0) is 29.2. The summed E-state index contributed by atoms with van der Waals surface area (Å²) in [5, 5.41) is 17.7. The predicted octanol–water partition coefficient (Wildman–Crippen LogP) is 5.81. The Morgan fingerprint density at radius 1 is 0.585 bits per heavy atom. The Kier molecular flexibility index (Phi) is 9.34. The van der Waals surface area contributed by atoms with Crippen molar-refractivity contribution in [3.63, 3.8) is 0 Å². The van der Waals surface area contributed by atoms with E-state index in [1.807, 2.05) is 92.7 Å². The molecule has 0 saturated carbocycles. The molecule has 11 nitrogen and oxygen atoms in total. The first-order valence-corrected chi connectivity index (χ1v) is 12.8. The quantitative estimate of drug-likeness (QED) is 0.124. The summed E-state index contributed by atoms with van der Waals surface area (Å²) in [5.41, 5.74) is 11.5. The Hall–Kier alpha value is -5.58. The summed E-state index contributed by atoms with van der Waals surface area (Å²) in [4.78, 5) is 31.6. The summed E-state index contributed by atoms with van der Waals surface area (Å²) in [7, 11) is 0. The second kappa shape index (κ2) is 13.5. The van der Waals surface area contributed by atoms with E-state index in [1.165, 1.54) is 13.8 Å². The third-order valence-electron chi connectivity index (χ3n) is 5.68. The molecule has 0 aliphatic carbocycles. The summed E-state index contributed by atoms with van der Waals surface area (Å²) in [6, 6.07) is 26.1. The van der Waals surface area contributed by atoms with Crippen LogP contribution in [0.15, 0.2) is 95.1 Å². The summed E-state index contributed by atoms with van der Waals surface area (Å²) in [6.07, 6.45) is 0. The lowest BCUT2D eigenvalue weighted by Gasteiger charge is -2.11. The van der Waals surface area contributed by atoms with Gasteiger partial charge in [0.25, 0.3) is 0 Å². The number of nitrogens with one attached hydrogen (secondary N) is 5. The molecular formula is C30H31N9O2. The van der Waals surface area contributed by atoms with Crippen LogP contribution < -0.4 is 26.8 Å². The molecule has 0 radical (unpaired) electrons. The number of benzene rings is 3. The Bertz CT molecular complexity index is 1470. The van der Waals surface area contributed by atoms with Crippen molar-refractivity contribution in [1.29, 1.82) is 0 Å². The van der Waals surface area contributed by atoms with Crippen molar-refractivity contribution in [1.82, 2.24) is 9.97 Å². The fourth-order valence-corrected chi connectivity index (χ4v) is 3.68. The second-order valence-electron chi connectivity index (χ2n) is 9.09. The van der Waals surface area contributed by atoms with E-state index in [0.29, 0.717) is 29.0 Å². The highest BCUT2D eigenvalue weighted by atomic mass is 16.2. The third kappa shape index (κ3) is 8.72. The zero-order valence-corrected chi connectivity index (χ0v) is 23.2. The van der Waals surface area contributed by atoms with E-state index in [4.69, 9.17) is 0 Å². The largest absolute Gasteiger partial charge is 0.326 e. The fraction of sp³-hybridized carbons (Fsp3) is 0.133. The first-order chi connectivity index (χ1) is 19.7. The van der Waals surface area contributed by atoms with Crippen LogP contribution in [0.2, 0.25) is 0 Å². The standard InChI is InChI=1S/C30H31N9O2/c1-19(23-10-14-26(15-11-23)31-21(3)40)36-38-28-18-29(35-30(34-28)33-25-8-6-5-7-9-25)39-37-20(2)24-12-16-27(17-13-24)32-22(4)41/h5-18H,1-4H3,(H,31,40)(H,32,41)(H3,33,34,35,38,39). The molecule has 4 aromatic rings. The summed E-state index contributed by atoms with van der Waals surface area (Å²) >= 11 is 0. The van der Waals surface area contributed by atoms with E-state index >= 15 is 0 Å². The average molecular weight is 550 g/mol. The summed E-state index contributed by atoms with van der Waals surface area (Å²) < 4.78 is 0. The minimum Gasteiger partial charge on any atom is -0.326 e. The Morgan fingerprint density at radius 3 is 1.44 bits per heavy atom. The van der Waals surface area contributed by atoms with Gasteiger partial charge in [-0.3, -0.25) is 20.4 Å². The van der Waals surface area contributed by atoms with Crippen molar-refractivity contribution in [3.8, 4) is 0 Å². The number of amides is 2. The third-order valence-corrected chi connectivity index (χ3v) is 5.68. The molecule has 0 unspecified atom stereocenters. The average Bonchev–Trinajstić information content (AvgIpc) is 2.95. The molecule has 0 saturated heterocycles. The predicted molar refractivity (Wildman–Crippen MR) is 165 cm³/mol. The van der Waals surface area contributed by atoms with Gasteiger partial charge in [0.2, 0.25) is 17.8 Å².